The Morgan fingerprint density at radius 2 is 2.06 bits per heavy atom. The van der Waals surface area contributed by atoms with E-state index in [1.54, 1.807) is 18.2 Å². The molecule has 0 saturated carbocycles. The monoisotopic (exact) mass is 241 g/mol. The quantitative estimate of drug-likeness (QED) is 0.600. The number of ketones is 1. The van der Waals surface area contributed by atoms with Gasteiger partial charge in [-0.15, -0.1) is 0 Å². The molecule has 0 N–H and O–H groups in total. The molecule has 0 aliphatic rings. The van der Waals surface area contributed by atoms with E-state index < -0.39 is 0 Å². The first-order valence-corrected chi connectivity index (χ1v) is 5.43. The molecule has 0 aliphatic heterocycles. The van der Waals surface area contributed by atoms with E-state index in [2.05, 4.69) is 0 Å². The van der Waals surface area contributed by atoms with E-state index in [0.717, 1.165) is 0 Å². The van der Waals surface area contributed by atoms with Gasteiger partial charge in [-0.1, -0.05) is 11.6 Å². The van der Waals surface area contributed by atoms with Crippen LogP contribution in [0.4, 0.5) is 0 Å². The molecule has 1 aromatic rings. The van der Waals surface area contributed by atoms with Crippen LogP contribution in [0.5, 0.6) is 5.75 Å². The summed E-state index contributed by atoms with van der Waals surface area (Å²) in [6, 6.07) is 5.06. The van der Waals surface area contributed by atoms with Crippen LogP contribution in [0.25, 0.3) is 0 Å². The zero-order chi connectivity index (χ0) is 12.3. The standard InChI is InChI=1S/C12H16ClNO2/c1-8(15)11-7-10(13)5-6-12(11)16-9(2)14(3)4/h5-7,9H,1-4H3. The van der Waals surface area contributed by atoms with E-state index in [-0.39, 0.29) is 12.0 Å². The van der Waals surface area contributed by atoms with Gasteiger partial charge in [-0.3, -0.25) is 9.69 Å². The van der Waals surface area contributed by atoms with Crippen LogP contribution in [0, 0.1) is 0 Å². The lowest BCUT2D eigenvalue weighted by Crippen LogP contribution is -2.30. The van der Waals surface area contributed by atoms with Crippen molar-refractivity contribution in [2.45, 2.75) is 20.1 Å². The second-order valence-corrected chi connectivity index (χ2v) is 4.31. The Kier molecular flexibility index (Phi) is 4.33. The van der Waals surface area contributed by atoms with Crippen molar-refractivity contribution in [1.29, 1.82) is 0 Å². The summed E-state index contributed by atoms with van der Waals surface area (Å²) in [6.07, 6.45) is -0.0979. The topological polar surface area (TPSA) is 29.5 Å². The SMILES string of the molecule is CC(=O)c1cc(Cl)ccc1OC(C)N(C)C. The summed E-state index contributed by atoms with van der Waals surface area (Å²) in [5.41, 5.74) is 0.515. The van der Waals surface area contributed by atoms with Crippen LogP contribution in [0.1, 0.15) is 24.2 Å². The van der Waals surface area contributed by atoms with Gasteiger partial charge < -0.3 is 4.74 Å². The zero-order valence-electron chi connectivity index (χ0n) is 9.95. The van der Waals surface area contributed by atoms with Crippen molar-refractivity contribution < 1.29 is 9.53 Å². The molecule has 0 spiro atoms. The lowest BCUT2D eigenvalue weighted by molar-refractivity contribution is 0.0789. The lowest BCUT2D eigenvalue weighted by atomic mass is 10.1. The molecule has 3 nitrogen and oxygen atoms in total. The Morgan fingerprint density at radius 3 is 2.56 bits per heavy atom. The molecule has 88 valence electrons. The van der Waals surface area contributed by atoms with Crippen LogP contribution < -0.4 is 4.74 Å². The summed E-state index contributed by atoms with van der Waals surface area (Å²) in [7, 11) is 3.82. The lowest BCUT2D eigenvalue weighted by Gasteiger charge is -2.22. The van der Waals surface area contributed by atoms with Crippen molar-refractivity contribution in [2.24, 2.45) is 0 Å². The van der Waals surface area contributed by atoms with Gasteiger partial charge in [-0.05, 0) is 46.1 Å². The normalized spacial score (nSPS) is 12.6. The van der Waals surface area contributed by atoms with E-state index in [4.69, 9.17) is 16.3 Å². The number of nitrogens with zero attached hydrogens (tertiary/aromatic N) is 1. The Bertz CT molecular complexity index is 391. The van der Waals surface area contributed by atoms with Gasteiger partial charge in [-0.25, -0.2) is 0 Å². The van der Waals surface area contributed by atoms with Gasteiger partial charge >= 0.3 is 0 Å². The molecule has 0 heterocycles. The number of benzene rings is 1. The minimum absolute atomic E-state index is 0.0524. The largest absolute Gasteiger partial charge is 0.475 e. The smallest absolute Gasteiger partial charge is 0.163 e. The van der Waals surface area contributed by atoms with Crippen LogP contribution in [-0.2, 0) is 0 Å². The van der Waals surface area contributed by atoms with Gasteiger partial charge in [0.1, 0.15) is 12.0 Å². The molecular formula is C12H16ClNO2. The third kappa shape index (κ3) is 3.22. The number of carbonyl (C=O) groups is 1. The predicted molar refractivity (Wildman–Crippen MR) is 65.2 cm³/mol. The number of rotatable bonds is 4. The van der Waals surface area contributed by atoms with Crippen LogP contribution in [-0.4, -0.2) is 31.0 Å². The molecule has 0 saturated heterocycles. The highest BCUT2D eigenvalue weighted by Crippen LogP contribution is 2.24. The molecule has 1 atom stereocenters. The third-order valence-corrected chi connectivity index (χ3v) is 2.58. The van der Waals surface area contributed by atoms with Gasteiger partial charge in [0, 0.05) is 5.02 Å². The Morgan fingerprint density at radius 1 is 1.44 bits per heavy atom. The van der Waals surface area contributed by atoms with Gasteiger partial charge in [0.2, 0.25) is 0 Å². The van der Waals surface area contributed by atoms with E-state index in [9.17, 15) is 4.79 Å². The van der Waals surface area contributed by atoms with Crippen LogP contribution >= 0.6 is 11.6 Å². The van der Waals surface area contributed by atoms with Gasteiger partial charge in [0.05, 0.1) is 5.56 Å². The van der Waals surface area contributed by atoms with E-state index in [1.165, 1.54) is 6.92 Å². The van der Waals surface area contributed by atoms with E-state index in [0.29, 0.717) is 16.3 Å². The summed E-state index contributed by atoms with van der Waals surface area (Å²) in [5.74, 6) is 0.515. The van der Waals surface area contributed by atoms with Crippen LogP contribution in [0.2, 0.25) is 5.02 Å². The summed E-state index contributed by atoms with van der Waals surface area (Å²) >= 11 is 5.84. The van der Waals surface area contributed by atoms with Crippen molar-refractivity contribution >= 4 is 17.4 Å². The molecule has 16 heavy (non-hydrogen) atoms. The molecule has 0 radical (unpaired) electrons. The predicted octanol–water partition coefficient (Wildman–Crippen LogP) is 2.83. The minimum atomic E-state index is -0.0979. The average molecular weight is 242 g/mol. The number of hydrogen-bond acceptors (Lipinski definition) is 3. The first-order chi connectivity index (χ1) is 7.41. The molecule has 4 heteroatoms. The van der Waals surface area contributed by atoms with Gasteiger partial charge in [0.15, 0.2) is 5.78 Å². The minimum Gasteiger partial charge on any atom is -0.475 e. The van der Waals surface area contributed by atoms with Crippen molar-refractivity contribution in [3.05, 3.63) is 28.8 Å². The highest BCUT2D eigenvalue weighted by atomic mass is 35.5. The highest BCUT2D eigenvalue weighted by Gasteiger charge is 2.13. The first-order valence-electron chi connectivity index (χ1n) is 5.05. The van der Waals surface area contributed by atoms with Crippen molar-refractivity contribution in [3.63, 3.8) is 0 Å². The molecule has 1 unspecified atom stereocenters. The van der Waals surface area contributed by atoms with Crippen LogP contribution in [0.15, 0.2) is 18.2 Å². The van der Waals surface area contributed by atoms with Gasteiger partial charge in [0.25, 0.3) is 0 Å². The molecule has 0 aromatic heterocycles. The fraction of sp³-hybridized carbons (Fsp3) is 0.417. The van der Waals surface area contributed by atoms with Crippen LogP contribution in [0.3, 0.4) is 0 Å². The number of ether oxygens (including phenoxy) is 1. The van der Waals surface area contributed by atoms with Crippen molar-refractivity contribution in [3.8, 4) is 5.75 Å². The molecule has 0 fully saturated rings. The Balaban J connectivity index is 2.99. The highest BCUT2D eigenvalue weighted by molar-refractivity contribution is 6.31. The maximum atomic E-state index is 11.4. The maximum Gasteiger partial charge on any atom is 0.163 e. The second kappa shape index (κ2) is 5.32. The summed E-state index contributed by atoms with van der Waals surface area (Å²) in [6.45, 7) is 3.41. The molecule has 1 rings (SSSR count). The molecule has 0 aliphatic carbocycles. The van der Waals surface area contributed by atoms with E-state index >= 15 is 0 Å². The molecule has 0 bridgehead atoms. The van der Waals surface area contributed by atoms with Gasteiger partial charge in [-0.2, -0.15) is 0 Å². The second-order valence-electron chi connectivity index (χ2n) is 3.88. The Labute approximate surface area is 101 Å². The molecule has 1 aromatic carbocycles. The average Bonchev–Trinajstić information content (AvgIpc) is 2.20. The maximum absolute atomic E-state index is 11.4. The van der Waals surface area contributed by atoms with Crippen molar-refractivity contribution in [1.82, 2.24) is 4.90 Å². The summed E-state index contributed by atoms with van der Waals surface area (Å²) in [4.78, 5) is 13.3. The number of carbonyl (C=O) groups excluding carboxylic acids is 1. The third-order valence-electron chi connectivity index (χ3n) is 2.35. The molecular weight excluding hydrogens is 226 g/mol. The summed E-state index contributed by atoms with van der Waals surface area (Å²) in [5, 5.41) is 0.537. The first kappa shape index (κ1) is 13.0. The number of hydrogen-bond donors (Lipinski definition) is 0. The summed E-state index contributed by atoms with van der Waals surface area (Å²) < 4.78 is 5.67. The fourth-order valence-corrected chi connectivity index (χ4v) is 1.34. The number of halogens is 1. The Hall–Kier alpha value is -1.06. The van der Waals surface area contributed by atoms with Crippen molar-refractivity contribution in [2.75, 3.05) is 14.1 Å². The zero-order valence-corrected chi connectivity index (χ0v) is 10.7. The number of Topliss-reactive ketones (excluding diaryl/α,β-unsaturated/α-hetero) is 1. The van der Waals surface area contributed by atoms with E-state index in [1.807, 2.05) is 25.9 Å². The molecule has 0 amide bonds. The fourth-order valence-electron chi connectivity index (χ4n) is 1.17.